The summed E-state index contributed by atoms with van der Waals surface area (Å²) in [4.78, 5) is 20.2. The largest absolute Gasteiger partial charge is 0.479 e. The SMILES string of the molecule is CCOC(=O)c1cnc2c(OC)nc(C)cc2c1Cl. The van der Waals surface area contributed by atoms with Crippen LogP contribution in [0.1, 0.15) is 23.0 Å². The van der Waals surface area contributed by atoms with Gasteiger partial charge in [0.15, 0.2) is 0 Å². The standard InChI is InChI=1S/C13H13ClN2O3/c1-4-19-13(17)9-6-15-11-8(10(9)14)5-7(2)16-12(11)18-3/h5-6H,4H2,1-3H3. The maximum Gasteiger partial charge on any atom is 0.341 e. The maximum atomic E-state index is 11.8. The summed E-state index contributed by atoms with van der Waals surface area (Å²) in [6, 6.07) is 1.76. The van der Waals surface area contributed by atoms with Crippen molar-refractivity contribution in [2.45, 2.75) is 13.8 Å². The summed E-state index contributed by atoms with van der Waals surface area (Å²) in [6.45, 7) is 3.83. The average Bonchev–Trinajstić information content (AvgIpc) is 2.39. The Balaban J connectivity index is 2.68. The predicted molar refractivity (Wildman–Crippen MR) is 71.8 cm³/mol. The highest BCUT2D eigenvalue weighted by atomic mass is 35.5. The van der Waals surface area contributed by atoms with Gasteiger partial charge in [-0.15, -0.1) is 0 Å². The van der Waals surface area contributed by atoms with Gasteiger partial charge in [-0.25, -0.2) is 14.8 Å². The van der Waals surface area contributed by atoms with Crippen LogP contribution in [-0.2, 0) is 4.74 Å². The van der Waals surface area contributed by atoms with Crippen LogP contribution in [0.5, 0.6) is 5.88 Å². The highest BCUT2D eigenvalue weighted by Crippen LogP contribution is 2.31. The minimum absolute atomic E-state index is 0.240. The fraction of sp³-hybridized carbons (Fsp3) is 0.308. The average molecular weight is 281 g/mol. The summed E-state index contributed by atoms with van der Waals surface area (Å²) in [5.74, 6) is -0.109. The number of nitrogens with zero attached hydrogens (tertiary/aromatic N) is 2. The molecule has 5 nitrogen and oxygen atoms in total. The van der Waals surface area contributed by atoms with Crippen molar-refractivity contribution in [1.29, 1.82) is 0 Å². The summed E-state index contributed by atoms with van der Waals surface area (Å²) in [5.41, 5.74) is 1.49. The molecule has 2 heterocycles. The Morgan fingerprint density at radius 2 is 2.21 bits per heavy atom. The molecule has 0 aliphatic heterocycles. The normalized spacial score (nSPS) is 10.5. The van der Waals surface area contributed by atoms with E-state index in [1.54, 1.807) is 13.0 Å². The second-order valence-corrected chi connectivity index (χ2v) is 4.25. The molecule has 0 atom stereocenters. The lowest BCUT2D eigenvalue weighted by atomic mass is 10.1. The minimum atomic E-state index is -0.490. The van der Waals surface area contributed by atoms with Crippen molar-refractivity contribution >= 4 is 28.5 Å². The number of hydrogen-bond acceptors (Lipinski definition) is 5. The lowest BCUT2D eigenvalue weighted by Crippen LogP contribution is -2.07. The number of esters is 1. The number of halogens is 1. The maximum absolute atomic E-state index is 11.8. The molecule has 0 aliphatic carbocycles. The first-order valence-corrected chi connectivity index (χ1v) is 6.13. The molecule has 0 radical (unpaired) electrons. The Morgan fingerprint density at radius 1 is 1.47 bits per heavy atom. The molecule has 2 rings (SSSR count). The van der Waals surface area contributed by atoms with Crippen LogP contribution in [0, 0.1) is 6.92 Å². The first-order valence-electron chi connectivity index (χ1n) is 5.75. The Kier molecular flexibility index (Phi) is 3.85. The molecule has 0 saturated carbocycles. The number of hydrogen-bond donors (Lipinski definition) is 0. The van der Waals surface area contributed by atoms with Crippen molar-refractivity contribution in [3.8, 4) is 5.88 Å². The van der Waals surface area contributed by atoms with Crippen molar-refractivity contribution in [3.05, 3.63) is 28.5 Å². The summed E-state index contributed by atoms with van der Waals surface area (Å²) in [7, 11) is 1.51. The third kappa shape index (κ3) is 2.46. The highest BCUT2D eigenvalue weighted by molar-refractivity contribution is 6.38. The molecule has 0 aliphatic rings. The van der Waals surface area contributed by atoms with Crippen molar-refractivity contribution in [2.24, 2.45) is 0 Å². The number of ether oxygens (including phenoxy) is 2. The van der Waals surface area contributed by atoms with Crippen LogP contribution in [-0.4, -0.2) is 29.7 Å². The number of carbonyl (C=O) groups is 1. The summed E-state index contributed by atoms with van der Waals surface area (Å²) < 4.78 is 10.1. The quantitative estimate of drug-likeness (QED) is 0.809. The van der Waals surface area contributed by atoms with E-state index in [2.05, 4.69) is 9.97 Å². The van der Waals surface area contributed by atoms with Gasteiger partial charge < -0.3 is 9.47 Å². The molecule has 6 heteroatoms. The molecule has 2 aromatic rings. The molecule has 0 unspecified atom stereocenters. The van der Waals surface area contributed by atoms with Crippen molar-refractivity contribution in [2.75, 3.05) is 13.7 Å². The number of carbonyl (C=O) groups excluding carboxylic acids is 1. The molecular formula is C13H13ClN2O3. The van der Waals surface area contributed by atoms with E-state index >= 15 is 0 Å². The van der Waals surface area contributed by atoms with E-state index in [0.29, 0.717) is 21.8 Å². The first kappa shape index (κ1) is 13.5. The second-order valence-electron chi connectivity index (χ2n) is 3.88. The molecule has 0 fully saturated rings. The van der Waals surface area contributed by atoms with E-state index in [-0.39, 0.29) is 12.2 Å². The van der Waals surface area contributed by atoms with E-state index in [0.717, 1.165) is 5.69 Å². The van der Waals surface area contributed by atoms with Crippen LogP contribution < -0.4 is 4.74 Å². The van der Waals surface area contributed by atoms with Gasteiger partial charge in [0.25, 0.3) is 0 Å². The zero-order valence-electron chi connectivity index (χ0n) is 10.9. The molecule has 0 aromatic carbocycles. The number of aryl methyl sites for hydroxylation is 1. The Labute approximate surface area is 115 Å². The number of methoxy groups -OCH3 is 1. The van der Waals surface area contributed by atoms with Crippen LogP contribution in [0.2, 0.25) is 5.02 Å². The Morgan fingerprint density at radius 3 is 2.84 bits per heavy atom. The second kappa shape index (κ2) is 5.40. The smallest absolute Gasteiger partial charge is 0.341 e. The van der Waals surface area contributed by atoms with Crippen LogP contribution >= 0.6 is 11.6 Å². The molecular weight excluding hydrogens is 268 g/mol. The fourth-order valence-corrected chi connectivity index (χ4v) is 2.02. The third-order valence-corrected chi connectivity index (χ3v) is 2.98. The number of rotatable bonds is 3. The third-order valence-electron chi connectivity index (χ3n) is 2.57. The fourth-order valence-electron chi connectivity index (χ4n) is 1.75. The van der Waals surface area contributed by atoms with Gasteiger partial charge in [-0.2, -0.15) is 0 Å². The molecule has 2 aromatic heterocycles. The number of pyridine rings is 2. The van der Waals surface area contributed by atoms with Crippen LogP contribution in [0.15, 0.2) is 12.3 Å². The summed E-state index contributed by atoms with van der Waals surface area (Å²) in [5, 5.41) is 0.920. The Hall–Kier alpha value is -1.88. The van der Waals surface area contributed by atoms with Gasteiger partial charge in [-0.3, -0.25) is 0 Å². The number of fused-ring (bicyclic) bond motifs is 1. The lowest BCUT2D eigenvalue weighted by molar-refractivity contribution is 0.0526. The van der Waals surface area contributed by atoms with Crippen molar-refractivity contribution < 1.29 is 14.3 Å². The predicted octanol–water partition coefficient (Wildman–Crippen LogP) is 2.78. The zero-order chi connectivity index (χ0) is 14.0. The highest BCUT2D eigenvalue weighted by Gasteiger charge is 2.17. The first-order chi connectivity index (χ1) is 9.08. The van der Waals surface area contributed by atoms with Gasteiger partial charge >= 0.3 is 5.97 Å². The van der Waals surface area contributed by atoms with E-state index in [9.17, 15) is 4.79 Å². The monoisotopic (exact) mass is 280 g/mol. The molecule has 0 saturated heterocycles. The summed E-state index contributed by atoms with van der Waals surface area (Å²) in [6.07, 6.45) is 1.38. The zero-order valence-corrected chi connectivity index (χ0v) is 11.6. The van der Waals surface area contributed by atoms with Gasteiger partial charge in [-0.05, 0) is 19.9 Å². The number of aromatic nitrogens is 2. The molecule has 100 valence electrons. The van der Waals surface area contributed by atoms with Gasteiger partial charge in [0.2, 0.25) is 5.88 Å². The van der Waals surface area contributed by atoms with Gasteiger partial charge in [0.1, 0.15) is 5.52 Å². The Bertz CT molecular complexity index is 643. The molecule has 0 amide bonds. The van der Waals surface area contributed by atoms with Crippen LogP contribution in [0.25, 0.3) is 10.9 Å². The van der Waals surface area contributed by atoms with Crippen LogP contribution in [0.3, 0.4) is 0 Å². The molecule has 19 heavy (non-hydrogen) atoms. The van der Waals surface area contributed by atoms with Crippen LogP contribution in [0.4, 0.5) is 0 Å². The van der Waals surface area contributed by atoms with Gasteiger partial charge in [0.05, 0.1) is 24.3 Å². The molecule has 0 bridgehead atoms. The summed E-state index contributed by atoms with van der Waals surface area (Å²) >= 11 is 6.25. The molecule has 0 N–H and O–H groups in total. The van der Waals surface area contributed by atoms with Gasteiger partial charge in [-0.1, -0.05) is 11.6 Å². The topological polar surface area (TPSA) is 61.3 Å². The van der Waals surface area contributed by atoms with Crippen molar-refractivity contribution in [3.63, 3.8) is 0 Å². The van der Waals surface area contributed by atoms with E-state index in [1.807, 2.05) is 6.92 Å². The van der Waals surface area contributed by atoms with E-state index < -0.39 is 5.97 Å². The van der Waals surface area contributed by atoms with E-state index in [4.69, 9.17) is 21.1 Å². The van der Waals surface area contributed by atoms with E-state index in [1.165, 1.54) is 13.3 Å². The minimum Gasteiger partial charge on any atom is -0.479 e. The van der Waals surface area contributed by atoms with Gasteiger partial charge in [0, 0.05) is 17.3 Å². The van der Waals surface area contributed by atoms with Crippen molar-refractivity contribution in [1.82, 2.24) is 9.97 Å². The lowest BCUT2D eigenvalue weighted by Gasteiger charge is -2.09. The molecule has 0 spiro atoms.